The van der Waals surface area contributed by atoms with Gasteiger partial charge in [-0.25, -0.2) is 0 Å². The van der Waals surface area contributed by atoms with E-state index < -0.39 is 0 Å². The normalized spacial score (nSPS) is 6.50. The van der Waals surface area contributed by atoms with Crippen LogP contribution < -0.4 is 0 Å². The zero-order chi connectivity index (χ0) is 5.58. The van der Waals surface area contributed by atoms with Gasteiger partial charge in [0.2, 0.25) is 0 Å². The van der Waals surface area contributed by atoms with E-state index in [2.05, 4.69) is 0 Å². The molecule has 0 atom stereocenters. The van der Waals surface area contributed by atoms with Crippen molar-refractivity contribution in [1.82, 2.24) is 0 Å². The Kier molecular flexibility index (Phi) is 14.4. The van der Waals surface area contributed by atoms with Gasteiger partial charge in [-0.2, -0.15) is 0 Å². The Balaban J connectivity index is 0. The number of aliphatic hydroxyl groups is 1. The predicted molar refractivity (Wildman–Crippen MR) is 18.0 cm³/mol. The van der Waals surface area contributed by atoms with Crippen LogP contribution in [0.1, 0.15) is 13.8 Å². The van der Waals surface area contributed by atoms with Crippen LogP contribution in [0.15, 0.2) is 0 Å². The monoisotopic (exact) mass is 127 g/mol. The summed E-state index contributed by atoms with van der Waals surface area (Å²) in [6, 6.07) is 0. The summed E-state index contributed by atoms with van der Waals surface area (Å²) in [7, 11) is 0. The van der Waals surface area contributed by atoms with Crippen LogP contribution in [0.3, 0.4) is 0 Å². The number of rotatable bonds is 0. The van der Waals surface area contributed by atoms with Gasteiger partial charge in [0.05, 0.1) is 0 Å². The van der Waals surface area contributed by atoms with Gasteiger partial charge in [0.25, 0.3) is 0 Å². The van der Waals surface area contributed by atoms with Crippen LogP contribution in [0.2, 0.25) is 0 Å². The standard InChI is InChI=1S/C3H8O.O.V/c1-3(2)4;;/h3-4H,1-2H3;;. The van der Waals surface area contributed by atoms with Crippen LogP contribution in [0.25, 0.3) is 0 Å². The van der Waals surface area contributed by atoms with Crippen LogP contribution in [-0.4, -0.2) is 11.2 Å². The summed E-state index contributed by atoms with van der Waals surface area (Å²) >= 11 is 1.06. The van der Waals surface area contributed by atoms with E-state index in [1.54, 1.807) is 13.8 Å². The third-order valence-corrected chi connectivity index (χ3v) is 0. The topological polar surface area (TPSA) is 37.3 Å². The second kappa shape index (κ2) is 9.02. The summed E-state index contributed by atoms with van der Waals surface area (Å²) in [5.41, 5.74) is 0. The Morgan fingerprint density at radius 1 is 1.50 bits per heavy atom. The molecule has 0 saturated heterocycles. The molecular weight excluding hydrogens is 119 g/mol. The van der Waals surface area contributed by atoms with E-state index >= 15 is 0 Å². The van der Waals surface area contributed by atoms with Crippen molar-refractivity contribution < 1.29 is 26.1 Å². The van der Waals surface area contributed by atoms with E-state index in [-0.39, 0.29) is 6.10 Å². The van der Waals surface area contributed by atoms with Gasteiger partial charge in [0.1, 0.15) is 0 Å². The molecule has 0 aromatic carbocycles. The van der Waals surface area contributed by atoms with E-state index in [9.17, 15) is 0 Å². The van der Waals surface area contributed by atoms with E-state index in [1.807, 2.05) is 0 Å². The molecule has 0 unspecified atom stereocenters. The molecule has 0 bridgehead atoms. The zero-order valence-corrected chi connectivity index (χ0v) is 5.28. The van der Waals surface area contributed by atoms with Gasteiger partial charge >= 0.3 is 21.0 Å². The first-order valence-corrected chi connectivity index (χ1v) is 2.17. The number of hydrogen-bond acceptors (Lipinski definition) is 2. The molecule has 0 aliphatic carbocycles. The SMILES string of the molecule is CC(C)O.[O]=[V]. The van der Waals surface area contributed by atoms with Crippen molar-refractivity contribution in [3.8, 4) is 0 Å². The average Bonchev–Trinajstić information content (AvgIpc) is 1.41. The van der Waals surface area contributed by atoms with Gasteiger partial charge in [-0.1, -0.05) is 0 Å². The summed E-state index contributed by atoms with van der Waals surface area (Å²) in [6.07, 6.45) is -0.167. The van der Waals surface area contributed by atoms with E-state index in [1.165, 1.54) is 0 Å². The maximum atomic E-state index is 8.19. The first kappa shape index (κ1) is 9.60. The molecule has 0 fully saturated rings. The molecule has 0 aliphatic heterocycles. The second-order valence-corrected chi connectivity index (χ2v) is 1.09. The molecule has 0 amide bonds. The summed E-state index contributed by atoms with van der Waals surface area (Å²) in [5.74, 6) is 0. The molecule has 0 saturated carbocycles. The Hall–Kier alpha value is 0.344. The van der Waals surface area contributed by atoms with Crippen molar-refractivity contribution in [2.75, 3.05) is 0 Å². The Morgan fingerprint density at radius 2 is 1.50 bits per heavy atom. The zero-order valence-electron chi connectivity index (χ0n) is 3.88. The van der Waals surface area contributed by atoms with E-state index in [0.717, 1.165) is 17.4 Å². The summed E-state index contributed by atoms with van der Waals surface area (Å²) < 4.78 is 8.19. The van der Waals surface area contributed by atoms with E-state index in [4.69, 9.17) is 8.78 Å². The predicted octanol–water partition coefficient (Wildman–Crippen LogP) is 0.266. The van der Waals surface area contributed by atoms with Crippen LogP contribution in [0.5, 0.6) is 0 Å². The number of hydrogen-bond donors (Lipinski definition) is 1. The van der Waals surface area contributed by atoms with Crippen molar-refractivity contribution in [3.05, 3.63) is 0 Å². The third kappa shape index (κ3) is 410. The summed E-state index contributed by atoms with van der Waals surface area (Å²) in [4.78, 5) is 0. The van der Waals surface area contributed by atoms with Gasteiger partial charge in [-0.15, -0.1) is 0 Å². The van der Waals surface area contributed by atoms with Crippen LogP contribution in [0, 0.1) is 0 Å². The molecule has 6 heavy (non-hydrogen) atoms. The molecular formula is C3H8O2V. The molecule has 0 radical (unpaired) electrons. The summed E-state index contributed by atoms with van der Waals surface area (Å²) in [6.45, 7) is 3.44. The van der Waals surface area contributed by atoms with Gasteiger partial charge in [0.15, 0.2) is 0 Å². The molecule has 37 valence electrons. The molecule has 0 spiro atoms. The van der Waals surface area contributed by atoms with Crippen LogP contribution in [0.4, 0.5) is 0 Å². The van der Waals surface area contributed by atoms with Crippen molar-refractivity contribution in [1.29, 1.82) is 0 Å². The average molecular weight is 127 g/mol. The molecule has 0 aliphatic rings. The molecule has 3 heteroatoms. The van der Waals surface area contributed by atoms with Gasteiger partial charge in [-0.05, 0) is 13.8 Å². The van der Waals surface area contributed by atoms with Gasteiger partial charge in [-0.3, -0.25) is 0 Å². The van der Waals surface area contributed by atoms with Gasteiger partial charge in [0, 0.05) is 6.10 Å². The van der Waals surface area contributed by atoms with Gasteiger partial charge < -0.3 is 5.11 Å². The van der Waals surface area contributed by atoms with Crippen LogP contribution in [-0.2, 0) is 21.0 Å². The molecule has 0 aromatic heterocycles. The molecule has 0 rings (SSSR count). The third-order valence-electron chi connectivity index (χ3n) is 0. The van der Waals surface area contributed by atoms with Crippen LogP contribution >= 0.6 is 0 Å². The Morgan fingerprint density at radius 3 is 1.50 bits per heavy atom. The Bertz CT molecular complexity index is 20.0. The van der Waals surface area contributed by atoms with Crippen molar-refractivity contribution >= 4 is 0 Å². The summed E-state index contributed by atoms with van der Waals surface area (Å²) in [5, 5.41) is 8.06. The first-order chi connectivity index (χ1) is 2.73. The molecule has 2 nitrogen and oxygen atoms in total. The Labute approximate surface area is 46.8 Å². The maximum absolute atomic E-state index is 8.19. The van der Waals surface area contributed by atoms with Crippen molar-refractivity contribution in [2.24, 2.45) is 0 Å². The molecule has 0 heterocycles. The first-order valence-electron chi connectivity index (χ1n) is 1.60. The van der Waals surface area contributed by atoms with E-state index in [0.29, 0.717) is 0 Å². The fourth-order valence-electron chi connectivity index (χ4n) is 0. The fraction of sp³-hybridized carbons (Fsp3) is 1.00. The minimum absolute atomic E-state index is 0.167. The molecule has 1 N–H and O–H groups in total. The van der Waals surface area contributed by atoms with Crippen molar-refractivity contribution in [3.63, 3.8) is 0 Å². The van der Waals surface area contributed by atoms with Crippen molar-refractivity contribution in [2.45, 2.75) is 20.0 Å². The second-order valence-electron chi connectivity index (χ2n) is 1.09. The fourth-order valence-corrected chi connectivity index (χ4v) is 0. The molecule has 0 aromatic rings. The minimum atomic E-state index is -0.167. The quantitative estimate of drug-likeness (QED) is 0.507. The number of aliphatic hydroxyl groups excluding tert-OH is 1.